The number of ether oxygens (including phenoxy) is 1. The van der Waals surface area contributed by atoms with Crippen LogP contribution in [0.1, 0.15) is 84.0 Å². The van der Waals surface area contributed by atoms with Crippen molar-refractivity contribution in [3.05, 3.63) is 10.4 Å². The van der Waals surface area contributed by atoms with Crippen LogP contribution in [0.5, 0.6) is 0 Å². The second kappa shape index (κ2) is 16.4. The van der Waals surface area contributed by atoms with Crippen LogP contribution in [0.4, 0.5) is 0 Å². The van der Waals surface area contributed by atoms with E-state index < -0.39 is 3.92 Å². The lowest BCUT2D eigenvalue weighted by Crippen LogP contribution is -2.28. The normalized spacial score (nSPS) is 13.2. The Balaban J connectivity index is 3.64. The van der Waals surface area contributed by atoms with Gasteiger partial charge in [0.2, 0.25) is 0 Å². The fraction of sp³-hybridized carbons (Fsp3) is 0.941. The van der Waals surface area contributed by atoms with Gasteiger partial charge in [-0.25, -0.2) is 0 Å². The molecule has 23 heavy (non-hydrogen) atoms. The number of carbonyl (C=O) groups excluding carboxylic acids is 1. The minimum absolute atomic E-state index is 0.299. The van der Waals surface area contributed by atoms with Crippen molar-refractivity contribution in [2.24, 2.45) is 5.11 Å². The molecule has 0 saturated heterocycles. The van der Waals surface area contributed by atoms with Crippen molar-refractivity contribution in [1.82, 2.24) is 0 Å². The first kappa shape index (κ1) is 22.5. The van der Waals surface area contributed by atoms with Gasteiger partial charge in [0, 0.05) is 4.91 Å². The summed E-state index contributed by atoms with van der Waals surface area (Å²) in [5.74, 6) is -0.314. The van der Waals surface area contributed by atoms with Crippen molar-refractivity contribution in [2.45, 2.75) is 93.9 Å². The Bertz CT molecular complexity index is 347. The van der Waals surface area contributed by atoms with Gasteiger partial charge in [0.1, 0.15) is 3.92 Å². The highest BCUT2D eigenvalue weighted by molar-refractivity contribution is 14.1. The van der Waals surface area contributed by atoms with Crippen LogP contribution in [0, 0.1) is 0 Å². The Labute approximate surface area is 154 Å². The third-order valence-electron chi connectivity index (χ3n) is 4.07. The van der Waals surface area contributed by atoms with Gasteiger partial charge < -0.3 is 4.74 Å². The zero-order valence-electron chi connectivity index (χ0n) is 14.7. The summed E-state index contributed by atoms with van der Waals surface area (Å²) < 4.78 is 4.32. The summed E-state index contributed by atoms with van der Waals surface area (Å²) in [5.41, 5.74) is 8.62. The van der Waals surface area contributed by atoms with E-state index in [9.17, 15) is 4.79 Å². The molecule has 0 bridgehead atoms. The van der Waals surface area contributed by atoms with E-state index in [2.05, 4.69) is 16.9 Å². The van der Waals surface area contributed by atoms with E-state index in [-0.39, 0.29) is 12.0 Å². The molecule has 134 valence electrons. The smallest absolute Gasteiger partial charge is 0.319 e. The van der Waals surface area contributed by atoms with Crippen LogP contribution in [0.15, 0.2) is 5.11 Å². The second-order valence-electron chi connectivity index (χ2n) is 6.02. The van der Waals surface area contributed by atoms with Crippen molar-refractivity contribution in [3.8, 4) is 0 Å². The SMILES string of the molecule is CCCCCCCCCCCCCC(N=[N+]=[N-])C(I)C(=O)OC. The van der Waals surface area contributed by atoms with E-state index in [1.165, 1.54) is 64.9 Å². The van der Waals surface area contributed by atoms with E-state index in [1.807, 2.05) is 22.6 Å². The van der Waals surface area contributed by atoms with Gasteiger partial charge >= 0.3 is 5.97 Å². The first-order valence-corrected chi connectivity index (χ1v) is 10.2. The van der Waals surface area contributed by atoms with Crippen LogP contribution in [0.3, 0.4) is 0 Å². The predicted octanol–water partition coefficient (Wildman–Crippen LogP) is 6.34. The van der Waals surface area contributed by atoms with E-state index in [4.69, 9.17) is 10.3 Å². The van der Waals surface area contributed by atoms with Gasteiger partial charge in [0.25, 0.3) is 0 Å². The number of methoxy groups -OCH3 is 1. The number of esters is 1. The van der Waals surface area contributed by atoms with E-state index in [0.717, 1.165) is 19.3 Å². The van der Waals surface area contributed by atoms with Gasteiger partial charge in [-0.05, 0) is 12.0 Å². The molecule has 0 amide bonds. The summed E-state index contributed by atoms with van der Waals surface area (Å²) in [4.78, 5) is 14.4. The van der Waals surface area contributed by atoms with Gasteiger partial charge in [-0.3, -0.25) is 4.79 Å². The number of rotatable bonds is 15. The summed E-state index contributed by atoms with van der Waals surface area (Å²) >= 11 is 2.01. The Morgan fingerprint density at radius 1 is 1.04 bits per heavy atom. The molecule has 0 aromatic rings. The number of nitrogens with zero attached hydrogens (tertiary/aromatic N) is 3. The summed E-state index contributed by atoms with van der Waals surface area (Å²) in [7, 11) is 1.36. The topological polar surface area (TPSA) is 75.1 Å². The fourth-order valence-corrected chi connectivity index (χ4v) is 3.37. The van der Waals surface area contributed by atoms with Gasteiger partial charge in [-0.2, -0.15) is 0 Å². The number of alkyl halides is 1. The summed E-state index contributed by atoms with van der Waals surface area (Å²) in [6, 6.07) is -0.299. The van der Waals surface area contributed by atoms with Gasteiger partial charge in [-0.1, -0.05) is 105 Å². The Hall–Kier alpha value is -0.490. The molecule has 0 aliphatic carbocycles. The molecule has 0 aliphatic rings. The molecule has 0 spiro atoms. The zero-order valence-corrected chi connectivity index (χ0v) is 16.8. The Kier molecular flexibility index (Phi) is 16.0. The predicted molar refractivity (Wildman–Crippen MR) is 104 cm³/mol. The molecular formula is C17H32IN3O2. The third-order valence-corrected chi connectivity index (χ3v) is 5.41. The van der Waals surface area contributed by atoms with Crippen molar-refractivity contribution >= 4 is 28.6 Å². The number of hydrogen-bond donors (Lipinski definition) is 0. The molecule has 0 aliphatic heterocycles. The molecule has 0 radical (unpaired) electrons. The molecule has 0 fully saturated rings. The Morgan fingerprint density at radius 3 is 1.96 bits per heavy atom. The standard InChI is InChI=1S/C17H32IN3O2/c1-3-4-5-6-7-8-9-10-11-12-13-14-15(20-21-19)16(18)17(22)23-2/h15-16H,3-14H2,1-2H3. The van der Waals surface area contributed by atoms with Crippen LogP contribution in [-0.2, 0) is 9.53 Å². The number of azide groups is 1. The van der Waals surface area contributed by atoms with Crippen molar-refractivity contribution in [2.75, 3.05) is 7.11 Å². The molecule has 6 heteroatoms. The molecule has 0 saturated carbocycles. The quantitative estimate of drug-likeness (QED) is 0.0570. The first-order valence-electron chi connectivity index (χ1n) is 8.93. The van der Waals surface area contributed by atoms with Crippen LogP contribution >= 0.6 is 22.6 Å². The molecule has 2 unspecified atom stereocenters. The van der Waals surface area contributed by atoms with Gasteiger partial charge in [0.15, 0.2) is 0 Å². The molecule has 0 N–H and O–H groups in total. The summed E-state index contributed by atoms with van der Waals surface area (Å²) in [5, 5.41) is 3.75. The maximum absolute atomic E-state index is 11.5. The highest BCUT2D eigenvalue weighted by Gasteiger charge is 2.25. The van der Waals surface area contributed by atoms with Gasteiger partial charge in [0.05, 0.1) is 13.2 Å². The molecule has 0 aromatic carbocycles. The van der Waals surface area contributed by atoms with Crippen molar-refractivity contribution < 1.29 is 9.53 Å². The lowest BCUT2D eigenvalue weighted by Gasteiger charge is -2.15. The number of halogens is 1. The maximum atomic E-state index is 11.5. The molecular weight excluding hydrogens is 405 g/mol. The fourth-order valence-electron chi connectivity index (χ4n) is 2.62. The molecule has 0 heterocycles. The van der Waals surface area contributed by atoms with E-state index >= 15 is 0 Å². The minimum Gasteiger partial charge on any atom is -0.468 e. The van der Waals surface area contributed by atoms with Gasteiger partial charge in [-0.15, -0.1) is 0 Å². The maximum Gasteiger partial charge on any atom is 0.319 e. The number of hydrogen-bond acceptors (Lipinski definition) is 3. The molecule has 0 rings (SSSR count). The number of carbonyl (C=O) groups is 1. The molecule has 0 aromatic heterocycles. The van der Waals surface area contributed by atoms with Crippen molar-refractivity contribution in [3.63, 3.8) is 0 Å². The first-order chi connectivity index (χ1) is 11.2. The third kappa shape index (κ3) is 12.6. The average molecular weight is 437 g/mol. The van der Waals surface area contributed by atoms with Crippen LogP contribution in [-0.4, -0.2) is 23.0 Å². The lowest BCUT2D eigenvalue weighted by atomic mass is 10.0. The summed E-state index contributed by atoms with van der Waals surface area (Å²) in [6.07, 6.45) is 14.9. The van der Waals surface area contributed by atoms with Crippen LogP contribution < -0.4 is 0 Å². The second-order valence-corrected chi connectivity index (χ2v) is 7.36. The highest BCUT2D eigenvalue weighted by atomic mass is 127. The lowest BCUT2D eigenvalue weighted by molar-refractivity contribution is -0.139. The Morgan fingerprint density at radius 2 is 1.52 bits per heavy atom. The molecule has 2 atom stereocenters. The van der Waals surface area contributed by atoms with Crippen LogP contribution in [0.25, 0.3) is 10.4 Å². The van der Waals surface area contributed by atoms with E-state index in [1.54, 1.807) is 0 Å². The zero-order chi connectivity index (χ0) is 17.3. The van der Waals surface area contributed by atoms with Crippen LogP contribution in [0.2, 0.25) is 0 Å². The monoisotopic (exact) mass is 437 g/mol. The summed E-state index contributed by atoms with van der Waals surface area (Å²) in [6.45, 7) is 2.25. The average Bonchev–Trinajstić information content (AvgIpc) is 2.57. The number of unbranched alkanes of at least 4 members (excludes halogenated alkanes) is 10. The minimum atomic E-state index is -0.392. The molecule has 5 nitrogen and oxygen atoms in total. The largest absolute Gasteiger partial charge is 0.468 e. The highest BCUT2D eigenvalue weighted by Crippen LogP contribution is 2.19. The van der Waals surface area contributed by atoms with E-state index in [0.29, 0.717) is 0 Å². The van der Waals surface area contributed by atoms with Crippen molar-refractivity contribution in [1.29, 1.82) is 0 Å².